The van der Waals surface area contributed by atoms with Gasteiger partial charge in [0, 0.05) is 12.6 Å². The minimum Gasteiger partial charge on any atom is -0.357 e. The standard InChI is InChI=1S/C7H15N3O/c8-2-6-1-7(10-3-6)4-9-5-11/h5-7,10H,1-4,8H2,(H,9,11). The molecule has 1 rings (SSSR count). The molecule has 0 spiro atoms. The SMILES string of the molecule is NCC1CNC(CNC=O)C1. The van der Waals surface area contributed by atoms with Crippen LogP contribution in [0.3, 0.4) is 0 Å². The van der Waals surface area contributed by atoms with E-state index in [0.29, 0.717) is 12.0 Å². The molecule has 0 radical (unpaired) electrons. The smallest absolute Gasteiger partial charge is 0.207 e. The predicted octanol–water partition coefficient (Wildman–Crippen LogP) is -1.33. The fraction of sp³-hybridized carbons (Fsp3) is 0.857. The van der Waals surface area contributed by atoms with Gasteiger partial charge in [-0.3, -0.25) is 4.79 Å². The molecule has 0 bridgehead atoms. The second-order valence-corrected chi connectivity index (χ2v) is 2.97. The lowest BCUT2D eigenvalue weighted by molar-refractivity contribution is -0.109. The zero-order valence-corrected chi connectivity index (χ0v) is 6.55. The number of rotatable bonds is 4. The first-order valence-corrected chi connectivity index (χ1v) is 3.97. The van der Waals surface area contributed by atoms with Crippen molar-refractivity contribution in [1.82, 2.24) is 10.6 Å². The Morgan fingerprint density at radius 3 is 3.09 bits per heavy atom. The Labute approximate surface area is 66.5 Å². The van der Waals surface area contributed by atoms with E-state index in [1.165, 1.54) is 0 Å². The third-order valence-corrected chi connectivity index (χ3v) is 2.09. The van der Waals surface area contributed by atoms with E-state index in [4.69, 9.17) is 5.73 Å². The third-order valence-electron chi connectivity index (χ3n) is 2.09. The van der Waals surface area contributed by atoms with Gasteiger partial charge in [-0.2, -0.15) is 0 Å². The van der Waals surface area contributed by atoms with Gasteiger partial charge in [0.25, 0.3) is 0 Å². The van der Waals surface area contributed by atoms with Crippen LogP contribution in [-0.2, 0) is 4.79 Å². The van der Waals surface area contributed by atoms with Gasteiger partial charge in [0.2, 0.25) is 6.41 Å². The van der Waals surface area contributed by atoms with E-state index in [2.05, 4.69) is 10.6 Å². The molecular weight excluding hydrogens is 142 g/mol. The van der Waals surface area contributed by atoms with Crippen molar-refractivity contribution in [3.63, 3.8) is 0 Å². The Bertz CT molecular complexity index is 129. The molecule has 1 amide bonds. The Kier molecular flexibility index (Phi) is 3.32. The summed E-state index contributed by atoms with van der Waals surface area (Å²) >= 11 is 0. The van der Waals surface area contributed by atoms with Crippen LogP contribution in [-0.4, -0.2) is 32.1 Å². The summed E-state index contributed by atoms with van der Waals surface area (Å²) in [6.45, 7) is 2.45. The first-order chi connectivity index (χ1) is 5.36. The van der Waals surface area contributed by atoms with Gasteiger partial charge >= 0.3 is 0 Å². The molecular formula is C7H15N3O. The number of amides is 1. The number of carbonyl (C=O) groups excluding carboxylic acids is 1. The van der Waals surface area contributed by atoms with Crippen molar-refractivity contribution >= 4 is 6.41 Å². The minimum absolute atomic E-state index is 0.425. The summed E-state index contributed by atoms with van der Waals surface area (Å²) in [7, 11) is 0. The van der Waals surface area contributed by atoms with Gasteiger partial charge < -0.3 is 16.4 Å². The summed E-state index contributed by atoms with van der Waals surface area (Å²) < 4.78 is 0. The van der Waals surface area contributed by atoms with Gasteiger partial charge in [-0.1, -0.05) is 0 Å². The predicted molar refractivity (Wildman–Crippen MR) is 43.0 cm³/mol. The van der Waals surface area contributed by atoms with E-state index in [-0.39, 0.29) is 0 Å². The number of nitrogens with one attached hydrogen (secondary N) is 2. The summed E-state index contributed by atoms with van der Waals surface area (Å²) in [4.78, 5) is 9.95. The zero-order valence-electron chi connectivity index (χ0n) is 6.55. The Morgan fingerprint density at radius 2 is 2.55 bits per heavy atom. The maximum atomic E-state index is 9.95. The molecule has 0 aromatic rings. The lowest BCUT2D eigenvalue weighted by Gasteiger charge is -2.07. The molecule has 0 aromatic carbocycles. The maximum absolute atomic E-state index is 9.95. The van der Waals surface area contributed by atoms with Gasteiger partial charge in [0.05, 0.1) is 0 Å². The monoisotopic (exact) mass is 157 g/mol. The van der Waals surface area contributed by atoms with Crippen molar-refractivity contribution in [2.75, 3.05) is 19.6 Å². The van der Waals surface area contributed by atoms with E-state index in [0.717, 1.165) is 32.5 Å². The number of hydrogen-bond donors (Lipinski definition) is 3. The molecule has 1 fully saturated rings. The van der Waals surface area contributed by atoms with Crippen molar-refractivity contribution in [3.05, 3.63) is 0 Å². The number of hydrogen-bond acceptors (Lipinski definition) is 3. The van der Waals surface area contributed by atoms with Crippen molar-refractivity contribution in [2.24, 2.45) is 11.7 Å². The molecule has 0 saturated carbocycles. The molecule has 2 unspecified atom stereocenters. The van der Waals surface area contributed by atoms with E-state index >= 15 is 0 Å². The molecule has 1 aliphatic rings. The fourth-order valence-electron chi connectivity index (χ4n) is 1.43. The number of nitrogens with two attached hydrogens (primary N) is 1. The van der Waals surface area contributed by atoms with Crippen molar-refractivity contribution in [1.29, 1.82) is 0 Å². The van der Waals surface area contributed by atoms with Gasteiger partial charge in [-0.25, -0.2) is 0 Å². The molecule has 0 aliphatic carbocycles. The first kappa shape index (κ1) is 8.49. The molecule has 1 saturated heterocycles. The first-order valence-electron chi connectivity index (χ1n) is 3.97. The van der Waals surface area contributed by atoms with Crippen LogP contribution in [0.1, 0.15) is 6.42 Å². The molecule has 64 valence electrons. The Balaban J connectivity index is 2.13. The number of carbonyl (C=O) groups is 1. The molecule has 0 aromatic heterocycles. The van der Waals surface area contributed by atoms with Crippen molar-refractivity contribution < 1.29 is 4.79 Å². The summed E-state index contributed by atoms with van der Waals surface area (Å²) in [6.07, 6.45) is 1.81. The van der Waals surface area contributed by atoms with Crippen LogP contribution in [0.25, 0.3) is 0 Å². The van der Waals surface area contributed by atoms with Gasteiger partial charge in [-0.05, 0) is 25.4 Å². The zero-order chi connectivity index (χ0) is 8.10. The molecule has 1 heterocycles. The second kappa shape index (κ2) is 4.31. The summed E-state index contributed by atoms with van der Waals surface area (Å²) in [6, 6.07) is 0.425. The van der Waals surface area contributed by atoms with E-state index in [1.54, 1.807) is 0 Å². The van der Waals surface area contributed by atoms with Gasteiger partial charge in [-0.15, -0.1) is 0 Å². The fourth-order valence-corrected chi connectivity index (χ4v) is 1.43. The molecule has 2 atom stereocenters. The van der Waals surface area contributed by atoms with Crippen LogP contribution < -0.4 is 16.4 Å². The lowest BCUT2D eigenvalue weighted by Crippen LogP contribution is -2.33. The van der Waals surface area contributed by atoms with Crippen LogP contribution in [0.2, 0.25) is 0 Å². The van der Waals surface area contributed by atoms with Gasteiger partial charge in [0.15, 0.2) is 0 Å². The highest BCUT2D eigenvalue weighted by Crippen LogP contribution is 2.10. The quantitative estimate of drug-likeness (QED) is 0.443. The normalized spacial score (nSPS) is 30.3. The average Bonchev–Trinajstić information content (AvgIpc) is 2.48. The van der Waals surface area contributed by atoms with Crippen LogP contribution >= 0.6 is 0 Å². The Hall–Kier alpha value is -0.610. The van der Waals surface area contributed by atoms with Crippen molar-refractivity contribution in [3.8, 4) is 0 Å². The summed E-state index contributed by atoms with van der Waals surface area (Å²) in [5.41, 5.74) is 5.49. The maximum Gasteiger partial charge on any atom is 0.207 e. The highest BCUT2D eigenvalue weighted by molar-refractivity contribution is 5.45. The highest BCUT2D eigenvalue weighted by atomic mass is 16.1. The molecule has 4 heteroatoms. The highest BCUT2D eigenvalue weighted by Gasteiger charge is 2.21. The molecule has 4 nitrogen and oxygen atoms in total. The third kappa shape index (κ3) is 2.48. The summed E-state index contributed by atoms with van der Waals surface area (Å²) in [5.74, 6) is 0.591. The Morgan fingerprint density at radius 1 is 1.73 bits per heavy atom. The summed E-state index contributed by atoms with van der Waals surface area (Å²) in [5, 5.41) is 5.94. The molecule has 4 N–H and O–H groups in total. The van der Waals surface area contributed by atoms with Crippen LogP contribution in [0.4, 0.5) is 0 Å². The van der Waals surface area contributed by atoms with Crippen LogP contribution in [0.5, 0.6) is 0 Å². The lowest BCUT2D eigenvalue weighted by atomic mass is 10.1. The van der Waals surface area contributed by atoms with Gasteiger partial charge in [0.1, 0.15) is 0 Å². The average molecular weight is 157 g/mol. The largest absolute Gasteiger partial charge is 0.357 e. The van der Waals surface area contributed by atoms with Crippen LogP contribution in [0.15, 0.2) is 0 Å². The minimum atomic E-state index is 0.425. The van der Waals surface area contributed by atoms with E-state index < -0.39 is 0 Å². The van der Waals surface area contributed by atoms with Crippen LogP contribution in [0, 0.1) is 5.92 Å². The topological polar surface area (TPSA) is 67.2 Å². The second-order valence-electron chi connectivity index (χ2n) is 2.97. The van der Waals surface area contributed by atoms with E-state index in [1.807, 2.05) is 0 Å². The van der Waals surface area contributed by atoms with E-state index in [9.17, 15) is 4.79 Å². The molecule has 1 aliphatic heterocycles. The molecule has 11 heavy (non-hydrogen) atoms. The van der Waals surface area contributed by atoms with Crippen molar-refractivity contribution in [2.45, 2.75) is 12.5 Å².